The van der Waals surface area contributed by atoms with Gasteiger partial charge in [-0.1, -0.05) is 181 Å². The van der Waals surface area contributed by atoms with Crippen LogP contribution in [0.5, 0.6) is 11.5 Å². The number of phenolic OH excluding ortho intramolecular Hbond substituents is 2. The molecule has 0 aliphatic rings. The van der Waals surface area contributed by atoms with E-state index < -0.39 is 0 Å². The molecule has 2 heteroatoms. The zero-order valence-corrected chi connectivity index (χ0v) is 40.5. The zero-order valence-electron chi connectivity index (χ0n) is 40.5. The van der Waals surface area contributed by atoms with Crippen LogP contribution in [0.2, 0.25) is 0 Å². The second-order valence-corrected chi connectivity index (χ2v) is 22.2. The van der Waals surface area contributed by atoms with Crippen LogP contribution in [0.1, 0.15) is 153 Å². The Morgan fingerprint density at radius 1 is 0.339 bits per heavy atom. The monoisotopic (exact) mass is 827 g/mol. The van der Waals surface area contributed by atoms with Crippen molar-refractivity contribution in [3.8, 4) is 56.0 Å². The minimum Gasteiger partial charge on any atom is -0.507 e. The molecule has 0 unspecified atom stereocenters. The van der Waals surface area contributed by atoms with Crippen molar-refractivity contribution in [2.24, 2.45) is 0 Å². The molecular formula is C60H74O2. The molecule has 0 heterocycles. The summed E-state index contributed by atoms with van der Waals surface area (Å²) >= 11 is 0. The van der Waals surface area contributed by atoms with Gasteiger partial charge in [-0.15, -0.1) is 0 Å². The molecule has 62 heavy (non-hydrogen) atoms. The highest BCUT2D eigenvalue weighted by molar-refractivity contribution is 5.86. The molecule has 6 aromatic rings. The van der Waals surface area contributed by atoms with Crippen LogP contribution in [0.15, 0.2) is 109 Å². The first-order chi connectivity index (χ1) is 28.9. The predicted octanol–water partition coefficient (Wildman–Crippen LogP) is 16.9. The van der Waals surface area contributed by atoms with Crippen LogP contribution in [0.3, 0.4) is 0 Å². The number of benzene rings is 6. The molecule has 0 aliphatic heterocycles. The van der Waals surface area contributed by atoms with Crippen molar-refractivity contribution >= 4 is 0 Å². The maximum absolute atomic E-state index is 12.1. The summed E-state index contributed by atoms with van der Waals surface area (Å²) in [7, 11) is 0. The summed E-state index contributed by atoms with van der Waals surface area (Å²) in [5.74, 6) is 0.708. The highest BCUT2D eigenvalue weighted by Crippen LogP contribution is 2.45. The Balaban J connectivity index is 1.18. The number of rotatable bonds is 11. The standard InChI is InChI=1S/C60H74O2/c1-39-29-51(43-33-45(57(3,4)5)37-46(34-43)58(6,7)8)55(61)53(31-39)49-27-21-19-25-41(49)23-17-15-16-18-24-42-26-20-22-28-50(42)54-32-40(2)30-52(56(54)62)44-35-47(59(9,10)11)38-48(36-44)60(12,13)14/h19-22,25-38,61-62H,15-18,23-24H2,1-14H3. The van der Waals surface area contributed by atoms with Gasteiger partial charge in [-0.05, 0) is 152 Å². The zero-order chi connectivity index (χ0) is 45.4. The van der Waals surface area contributed by atoms with Crippen LogP contribution in [-0.2, 0) is 34.5 Å². The maximum Gasteiger partial charge on any atom is 0.131 e. The van der Waals surface area contributed by atoms with Gasteiger partial charge in [-0.25, -0.2) is 0 Å². The first kappa shape index (κ1) is 46.4. The SMILES string of the molecule is Cc1cc(-c2cc(C(C)(C)C)cc(C(C)(C)C)c2)c(O)c(-c2ccccc2CCCCCCc2ccccc2-c2cc(C)cc(-c3cc(C(C)(C)C)cc(C(C)(C)C)c3)c2O)c1. The average molecular weight is 827 g/mol. The number of aryl methyl sites for hydroxylation is 4. The first-order valence-corrected chi connectivity index (χ1v) is 23.1. The molecule has 0 saturated heterocycles. The molecule has 0 bridgehead atoms. The molecule has 6 aromatic carbocycles. The van der Waals surface area contributed by atoms with Gasteiger partial charge in [0.05, 0.1) is 0 Å². The van der Waals surface area contributed by atoms with Crippen molar-refractivity contribution in [3.63, 3.8) is 0 Å². The molecule has 0 aliphatic carbocycles. The smallest absolute Gasteiger partial charge is 0.131 e. The average Bonchev–Trinajstić information content (AvgIpc) is 3.19. The van der Waals surface area contributed by atoms with Crippen LogP contribution in [0, 0.1) is 13.8 Å². The first-order valence-electron chi connectivity index (χ1n) is 23.1. The van der Waals surface area contributed by atoms with Gasteiger partial charge < -0.3 is 10.2 Å². The van der Waals surface area contributed by atoms with Gasteiger partial charge in [-0.3, -0.25) is 0 Å². The van der Waals surface area contributed by atoms with E-state index in [9.17, 15) is 10.2 Å². The summed E-state index contributed by atoms with van der Waals surface area (Å²) in [6.07, 6.45) is 6.31. The number of phenols is 2. The molecular weight excluding hydrogens is 753 g/mol. The van der Waals surface area contributed by atoms with E-state index in [4.69, 9.17) is 0 Å². The Labute approximate surface area is 375 Å². The van der Waals surface area contributed by atoms with E-state index in [0.29, 0.717) is 11.5 Å². The lowest BCUT2D eigenvalue weighted by Crippen LogP contribution is -2.16. The maximum atomic E-state index is 12.1. The molecule has 2 N–H and O–H groups in total. The lowest BCUT2D eigenvalue weighted by Gasteiger charge is -2.27. The highest BCUT2D eigenvalue weighted by atomic mass is 16.3. The van der Waals surface area contributed by atoms with Gasteiger partial charge in [0.25, 0.3) is 0 Å². The fourth-order valence-corrected chi connectivity index (χ4v) is 8.69. The van der Waals surface area contributed by atoms with Crippen LogP contribution in [-0.4, -0.2) is 10.2 Å². The summed E-state index contributed by atoms with van der Waals surface area (Å²) in [6.45, 7) is 31.4. The molecule has 0 spiro atoms. The molecule has 0 atom stereocenters. The van der Waals surface area contributed by atoms with E-state index in [-0.39, 0.29) is 21.7 Å². The molecule has 2 nitrogen and oxygen atoms in total. The van der Waals surface area contributed by atoms with E-state index in [1.165, 1.54) is 33.4 Å². The van der Waals surface area contributed by atoms with E-state index >= 15 is 0 Å². The van der Waals surface area contributed by atoms with Crippen molar-refractivity contribution in [2.75, 3.05) is 0 Å². The third kappa shape index (κ3) is 10.7. The Kier molecular flexibility index (Phi) is 13.4. The van der Waals surface area contributed by atoms with Crippen molar-refractivity contribution < 1.29 is 10.2 Å². The molecule has 326 valence electrons. The Bertz CT molecular complexity index is 2290. The quantitative estimate of drug-likeness (QED) is 0.128. The van der Waals surface area contributed by atoms with Gasteiger partial charge in [0.2, 0.25) is 0 Å². The summed E-state index contributed by atoms with van der Waals surface area (Å²) in [5, 5.41) is 24.1. The van der Waals surface area contributed by atoms with E-state index in [1.807, 2.05) is 0 Å². The second kappa shape index (κ2) is 18.0. The third-order valence-corrected chi connectivity index (χ3v) is 12.7. The number of hydrogen-bond acceptors (Lipinski definition) is 2. The minimum absolute atomic E-state index is 0.0150. The third-order valence-electron chi connectivity index (χ3n) is 12.7. The van der Waals surface area contributed by atoms with Crippen LogP contribution < -0.4 is 0 Å². The summed E-state index contributed by atoms with van der Waals surface area (Å²) in [4.78, 5) is 0. The number of hydrogen-bond donors (Lipinski definition) is 2. The van der Waals surface area contributed by atoms with Crippen molar-refractivity contribution in [1.82, 2.24) is 0 Å². The molecule has 0 saturated carbocycles. The Morgan fingerprint density at radius 3 is 0.935 bits per heavy atom. The lowest BCUT2D eigenvalue weighted by atomic mass is 9.78. The van der Waals surface area contributed by atoms with Crippen LogP contribution in [0.25, 0.3) is 44.5 Å². The number of aromatic hydroxyl groups is 2. The van der Waals surface area contributed by atoms with Gasteiger partial charge in [0.15, 0.2) is 0 Å². The van der Waals surface area contributed by atoms with E-state index in [0.717, 1.165) is 94.2 Å². The van der Waals surface area contributed by atoms with Crippen LogP contribution in [0.4, 0.5) is 0 Å². The van der Waals surface area contributed by atoms with E-state index in [1.54, 1.807) is 0 Å². The summed E-state index contributed by atoms with van der Waals surface area (Å²) < 4.78 is 0. The largest absolute Gasteiger partial charge is 0.507 e. The number of unbranched alkanes of at least 4 members (excludes halogenated alkanes) is 3. The van der Waals surface area contributed by atoms with Crippen LogP contribution >= 0.6 is 0 Å². The molecule has 0 radical (unpaired) electrons. The fraction of sp³-hybridized carbons (Fsp3) is 0.400. The minimum atomic E-state index is -0.0150. The normalized spacial score (nSPS) is 12.5. The van der Waals surface area contributed by atoms with Gasteiger partial charge >= 0.3 is 0 Å². The van der Waals surface area contributed by atoms with Crippen molar-refractivity contribution in [1.29, 1.82) is 0 Å². The summed E-state index contributed by atoms with van der Waals surface area (Å²) in [6, 6.07) is 39.6. The lowest BCUT2D eigenvalue weighted by molar-refractivity contribution is 0.478. The topological polar surface area (TPSA) is 40.5 Å². The predicted molar refractivity (Wildman–Crippen MR) is 268 cm³/mol. The van der Waals surface area contributed by atoms with E-state index in [2.05, 4.69) is 206 Å². The second-order valence-electron chi connectivity index (χ2n) is 22.2. The summed E-state index contributed by atoms with van der Waals surface area (Å²) in [5.41, 5.74) is 17.9. The van der Waals surface area contributed by atoms with Crippen molar-refractivity contribution in [2.45, 2.75) is 157 Å². The van der Waals surface area contributed by atoms with Gasteiger partial charge in [0.1, 0.15) is 11.5 Å². The van der Waals surface area contributed by atoms with Gasteiger partial charge in [0, 0.05) is 22.3 Å². The van der Waals surface area contributed by atoms with Crippen molar-refractivity contribution in [3.05, 3.63) is 154 Å². The fourth-order valence-electron chi connectivity index (χ4n) is 8.69. The molecule has 0 amide bonds. The molecule has 0 fully saturated rings. The Hall–Kier alpha value is -5.08. The van der Waals surface area contributed by atoms with Gasteiger partial charge in [-0.2, -0.15) is 0 Å². The molecule has 6 rings (SSSR count). The Morgan fingerprint density at radius 2 is 0.629 bits per heavy atom. The molecule has 0 aromatic heterocycles. The highest BCUT2D eigenvalue weighted by Gasteiger charge is 2.25.